The highest BCUT2D eigenvalue weighted by atomic mass is 35.5. The van der Waals surface area contributed by atoms with Crippen LogP contribution in [0.5, 0.6) is 0 Å². The van der Waals surface area contributed by atoms with E-state index in [1.54, 1.807) is 0 Å². The summed E-state index contributed by atoms with van der Waals surface area (Å²) < 4.78 is 0. The third-order valence-corrected chi connectivity index (χ3v) is 5.64. The first-order valence-corrected chi connectivity index (χ1v) is 8.39. The Hall–Kier alpha value is -0.240. The first-order valence-electron chi connectivity index (χ1n) is 7.63. The summed E-state index contributed by atoms with van der Waals surface area (Å²) in [5.41, 5.74) is 7.63. The number of hydrogen-bond acceptors (Lipinski definition) is 1. The fourth-order valence-electron chi connectivity index (χ4n) is 3.37. The lowest BCUT2D eigenvalue weighted by atomic mass is 9.83. The molecule has 1 aromatic carbocycles. The Balaban J connectivity index is 2.09. The highest BCUT2D eigenvalue weighted by Crippen LogP contribution is 2.36. The Bertz CT molecular complexity index is 458. The summed E-state index contributed by atoms with van der Waals surface area (Å²) in [6, 6.07) is 5.84. The molecule has 1 nitrogen and oxygen atoms in total. The van der Waals surface area contributed by atoms with E-state index in [4.69, 9.17) is 28.9 Å². The van der Waals surface area contributed by atoms with Crippen molar-refractivity contribution in [2.45, 2.75) is 57.9 Å². The van der Waals surface area contributed by atoms with Gasteiger partial charge in [0.15, 0.2) is 0 Å². The molecule has 20 heavy (non-hydrogen) atoms. The van der Waals surface area contributed by atoms with Gasteiger partial charge in [-0.2, -0.15) is 0 Å². The van der Waals surface area contributed by atoms with Crippen molar-refractivity contribution in [1.29, 1.82) is 0 Å². The smallest absolute Gasteiger partial charge is 0.0624 e. The van der Waals surface area contributed by atoms with E-state index >= 15 is 0 Å². The maximum Gasteiger partial charge on any atom is 0.0624 e. The molecule has 2 unspecified atom stereocenters. The van der Waals surface area contributed by atoms with Crippen LogP contribution < -0.4 is 5.73 Å². The van der Waals surface area contributed by atoms with Crippen LogP contribution in [0.25, 0.3) is 0 Å². The molecule has 1 aliphatic rings. The quantitative estimate of drug-likeness (QED) is 0.736. The fraction of sp³-hybridized carbons (Fsp3) is 0.647. The zero-order valence-corrected chi connectivity index (χ0v) is 14.0. The van der Waals surface area contributed by atoms with Gasteiger partial charge in [-0.05, 0) is 49.1 Å². The molecule has 1 fully saturated rings. The molecule has 2 rings (SSSR count). The van der Waals surface area contributed by atoms with Crippen LogP contribution in [0, 0.1) is 11.8 Å². The summed E-state index contributed by atoms with van der Waals surface area (Å²) in [5, 5.41) is 1.30. The minimum atomic E-state index is -0.127. The van der Waals surface area contributed by atoms with Gasteiger partial charge in [-0.25, -0.2) is 0 Å². The molecule has 112 valence electrons. The SMILES string of the molecule is CC(C)C1CCCC(N)(Cc2cccc(Cl)c2Cl)CC1. The van der Waals surface area contributed by atoms with E-state index in [9.17, 15) is 0 Å². The van der Waals surface area contributed by atoms with Crippen LogP contribution in [0.15, 0.2) is 18.2 Å². The second kappa shape index (κ2) is 6.68. The van der Waals surface area contributed by atoms with E-state index in [0.29, 0.717) is 10.0 Å². The third kappa shape index (κ3) is 3.90. The molecule has 0 radical (unpaired) electrons. The average molecular weight is 314 g/mol. The Morgan fingerprint density at radius 1 is 1.25 bits per heavy atom. The standard InChI is InChI=1S/C17H25Cl2N/c1-12(2)13-6-4-9-17(20,10-8-13)11-14-5-3-7-15(18)16(14)19/h3,5,7,12-13H,4,6,8-11,20H2,1-2H3. The summed E-state index contributed by atoms with van der Waals surface area (Å²) in [6.45, 7) is 4.64. The molecule has 0 heterocycles. The summed E-state index contributed by atoms with van der Waals surface area (Å²) in [5.74, 6) is 1.57. The first kappa shape index (κ1) is 16.1. The van der Waals surface area contributed by atoms with Crippen LogP contribution in [-0.4, -0.2) is 5.54 Å². The van der Waals surface area contributed by atoms with E-state index in [0.717, 1.165) is 36.7 Å². The number of halogens is 2. The lowest BCUT2D eigenvalue weighted by Gasteiger charge is -2.29. The first-order chi connectivity index (χ1) is 9.41. The molecular weight excluding hydrogens is 289 g/mol. The molecular formula is C17H25Cl2N. The van der Waals surface area contributed by atoms with Gasteiger partial charge in [0, 0.05) is 5.54 Å². The molecule has 0 aromatic heterocycles. The van der Waals surface area contributed by atoms with Gasteiger partial charge in [0.1, 0.15) is 0 Å². The second-order valence-electron chi connectivity index (χ2n) is 6.69. The molecule has 0 amide bonds. The monoisotopic (exact) mass is 313 g/mol. The Kier molecular flexibility index (Phi) is 5.39. The summed E-state index contributed by atoms with van der Waals surface area (Å²) >= 11 is 12.4. The van der Waals surface area contributed by atoms with E-state index in [2.05, 4.69) is 13.8 Å². The van der Waals surface area contributed by atoms with Gasteiger partial charge in [0.05, 0.1) is 10.0 Å². The van der Waals surface area contributed by atoms with Crippen molar-refractivity contribution in [3.05, 3.63) is 33.8 Å². The molecule has 1 aromatic rings. The van der Waals surface area contributed by atoms with Gasteiger partial charge in [0.2, 0.25) is 0 Å². The maximum atomic E-state index is 6.67. The molecule has 2 N–H and O–H groups in total. The maximum absolute atomic E-state index is 6.67. The van der Waals surface area contributed by atoms with E-state index in [1.165, 1.54) is 19.3 Å². The molecule has 0 saturated heterocycles. The molecule has 0 spiro atoms. The normalized spacial score (nSPS) is 27.6. The van der Waals surface area contributed by atoms with Crippen molar-refractivity contribution in [3.63, 3.8) is 0 Å². The van der Waals surface area contributed by atoms with E-state index in [-0.39, 0.29) is 5.54 Å². The Morgan fingerprint density at radius 3 is 2.70 bits per heavy atom. The van der Waals surface area contributed by atoms with Gasteiger partial charge in [0.25, 0.3) is 0 Å². The van der Waals surface area contributed by atoms with Crippen LogP contribution in [0.3, 0.4) is 0 Å². The van der Waals surface area contributed by atoms with Gasteiger partial charge in [-0.1, -0.05) is 62.0 Å². The molecule has 0 aliphatic heterocycles. The topological polar surface area (TPSA) is 26.0 Å². The molecule has 1 saturated carbocycles. The van der Waals surface area contributed by atoms with Crippen LogP contribution in [0.1, 0.15) is 51.5 Å². The number of rotatable bonds is 3. The summed E-state index contributed by atoms with van der Waals surface area (Å²) in [6.07, 6.45) is 6.75. The van der Waals surface area contributed by atoms with Crippen LogP contribution >= 0.6 is 23.2 Å². The predicted molar refractivity (Wildman–Crippen MR) is 88.5 cm³/mol. The highest BCUT2D eigenvalue weighted by Gasteiger charge is 2.31. The summed E-state index contributed by atoms with van der Waals surface area (Å²) in [7, 11) is 0. The number of benzene rings is 1. The van der Waals surface area contributed by atoms with Gasteiger partial charge in [-0.3, -0.25) is 0 Å². The lowest BCUT2D eigenvalue weighted by Crippen LogP contribution is -2.41. The van der Waals surface area contributed by atoms with Crippen molar-refractivity contribution in [2.75, 3.05) is 0 Å². The van der Waals surface area contributed by atoms with Gasteiger partial charge < -0.3 is 5.73 Å². The van der Waals surface area contributed by atoms with Crippen molar-refractivity contribution in [2.24, 2.45) is 17.6 Å². The van der Waals surface area contributed by atoms with Crippen molar-refractivity contribution >= 4 is 23.2 Å². The zero-order valence-electron chi connectivity index (χ0n) is 12.5. The van der Waals surface area contributed by atoms with Crippen molar-refractivity contribution < 1.29 is 0 Å². The lowest BCUT2D eigenvalue weighted by molar-refractivity contribution is 0.322. The van der Waals surface area contributed by atoms with E-state index < -0.39 is 0 Å². The van der Waals surface area contributed by atoms with Gasteiger partial charge in [-0.15, -0.1) is 0 Å². The average Bonchev–Trinajstić information content (AvgIpc) is 2.57. The minimum absolute atomic E-state index is 0.127. The molecule has 3 heteroatoms. The highest BCUT2D eigenvalue weighted by molar-refractivity contribution is 6.42. The largest absolute Gasteiger partial charge is 0.325 e. The number of hydrogen-bond donors (Lipinski definition) is 1. The molecule has 1 aliphatic carbocycles. The molecule has 2 atom stereocenters. The minimum Gasteiger partial charge on any atom is -0.325 e. The molecule has 0 bridgehead atoms. The zero-order chi connectivity index (χ0) is 14.8. The fourth-order valence-corrected chi connectivity index (χ4v) is 3.75. The number of nitrogens with two attached hydrogens (primary N) is 1. The van der Waals surface area contributed by atoms with Crippen LogP contribution in [0.4, 0.5) is 0 Å². The Morgan fingerprint density at radius 2 is 2.00 bits per heavy atom. The van der Waals surface area contributed by atoms with Crippen LogP contribution in [0.2, 0.25) is 10.0 Å². The predicted octanol–water partition coefficient (Wildman–Crippen LogP) is 5.47. The van der Waals surface area contributed by atoms with Crippen molar-refractivity contribution in [3.8, 4) is 0 Å². The van der Waals surface area contributed by atoms with Gasteiger partial charge >= 0.3 is 0 Å². The second-order valence-corrected chi connectivity index (χ2v) is 7.47. The van der Waals surface area contributed by atoms with E-state index in [1.807, 2.05) is 18.2 Å². The van der Waals surface area contributed by atoms with Crippen LogP contribution in [-0.2, 0) is 6.42 Å². The summed E-state index contributed by atoms with van der Waals surface area (Å²) in [4.78, 5) is 0. The third-order valence-electron chi connectivity index (χ3n) is 4.78. The Labute approximate surface area is 132 Å². The van der Waals surface area contributed by atoms with Crippen molar-refractivity contribution in [1.82, 2.24) is 0 Å².